The monoisotopic (exact) mass is 306 g/mol. The zero-order valence-corrected chi connectivity index (χ0v) is 13.4. The van der Waals surface area contributed by atoms with Gasteiger partial charge in [0.2, 0.25) is 0 Å². The number of hydrogen-bond donors (Lipinski definition) is 2. The maximum absolute atomic E-state index is 12.1. The van der Waals surface area contributed by atoms with Gasteiger partial charge in [0.15, 0.2) is 0 Å². The van der Waals surface area contributed by atoms with E-state index in [2.05, 4.69) is 23.4 Å². The number of nitrogens with one attached hydrogen (secondary N) is 1. The quantitative estimate of drug-likeness (QED) is 0.596. The second-order valence-corrected chi connectivity index (χ2v) is 5.36. The van der Waals surface area contributed by atoms with E-state index in [0.29, 0.717) is 23.4 Å². The Hall–Kier alpha value is -1.64. The molecule has 1 amide bonds. The summed E-state index contributed by atoms with van der Waals surface area (Å²) in [6, 6.07) is 5.23. The van der Waals surface area contributed by atoms with Gasteiger partial charge in [-0.25, -0.2) is 0 Å². The summed E-state index contributed by atoms with van der Waals surface area (Å²) >= 11 is 1.82. The number of ether oxygens (including phenoxy) is 1. The highest BCUT2D eigenvalue weighted by molar-refractivity contribution is 7.98. The first-order chi connectivity index (χ1) is 10.2. The molecule has 0 aliphatic heterocycles. The van der Waals surface area contributed by atoms with Crippen LogP contribution >= 0.6 is 11.8 Å². The summed E-state index contributed by atoms with van der Waals surface area (Å²) in [7, 11) is 1.58. The van der Waals surface area contributed by atoms with Crippen LogP contribution in [0.25, 0.3) is 0 Å². The third kappa shape index (κ3) is 6.11. The van der Waals surface area contributed by atoms with E-state index in [1.807, 2.05) is 11.8 Å². The van der Waals surface area contributed by atoms with Crippen LogP contribution in [-0.4, -0.2) is 38.1 Å². The summed E-state index contributed by atoms with van der Waals surface area (Å²) in [6.07, 6.45) is 4.18. The average Bonchev–Trinajstić information content (AvgIpc) is 2.52. The van der Waals surface area contributed by atoms with Gasteiger partial charge >= 0.3 is 0 Å². The molecule has 0 saturated carbocycles. The second-order valence-electron chi connectivity index (χ2n) is 4.38. The first-order valence-electron chi connectivity index (χ1n) is 6.87. The van der Waals surface area contributed by atoms with E-state index in [9.17, 15) is 4.79 Å². The lowest BCUT2D eigenvalue weighted by atomic mass is 10.1. The molecule has 0 aromatic heterocycles. The van der Waals surface area contributed by atoms with Crippen LogP contribution in [0.15, 0.2) is 18.2 Å². The molecule has 114 valence electrons. The maximum Gasteiger partial charge on any atom is 0.251 e. The molecule has 1 rings (SSSR count). The van der Waals surface area contributed by atoms with Crippen molar-refractivity contribution in [3.8, 4) is 17.6 Å². The highest BCUT2D eigenvalue weighted by Crippen LogP contribution is 2.18. The van der Waals surface area contributed by atoms with Crippen molar-refractivity contribution >= 4 is 17.7 Å². The molecule has 0 heterocycles. The molecule has 0 spiro atoms. The SMILES string of the molecule is COc1ccc(C(=O)NCCCCSC)cc1C#CCN. The minimum Gasteiger partial charge on any atom is -0.495 e. The number of hydrogen-bond acceptors (Lipinski definition) is 4. The Labute approximate surface area is 130 Å². The molecular weight excluding hydrogens is 284 g/mol. The molecule has 0 radical (unpaired) electrons. The van der Waals surface area contributed by atoms with Crippen molar-refractivity contribution in [1.29, 1.82) is 0 Å². The van der Waals surface area contributed by atoms with Gasteiger partial charge < -0.3 is 15.8 Å². The van der Waals surface area contributed by atoms with Crippen molar-refractivity contribution < 1.29 is 9.53 Å². The number of rotatable bonds is 7. The fraction of sp³-hybridized carbons (Fsp3) is 0.438. The summed E-state index contributed by atoms with van der Waals surface area (Å²) in [6.45, 7) is 0.963. The maximum atomic E-state index is 12.1. The molecule has 5 heteroatoms. The number of nitrogens with two attached hydrogens (primary N) is 1. The minimum atomic E-state index is -0.0856. The Morgan fingerprint density at radius 2 is 2.24 bits per heavy atom. The van der Waals surface area contributed by atoms with E-state index in [1.54, 1.807) is 25.3 Å². The molecule has 3 N–H and O–H groups in total. The summed E-state index contributed by atoms with van der Waals surface area (Å²) in [5, 5.41) is 2.92. The van der Waals surface area contributed by atoms with Crippen molar-refractivity contribution in [3.05, 3.63) is 29.3 Å². The van der Waals surface area contributed by atoms with Crippen molar-refractivity contribution in [2.24, 2.45) is 5.73 Å². The topological polar surface area (TPSA) is 64.3 Å². The number of unbranched alkanes of at least 4 members (excludes halogenated alkanes) is 1. The molecule has 0 aliphatic rings. The zero-order chi connectivity index (χ0) is 15.5. The molecule has 1 aromatic carbocycles. The molecule has 1 aromatic rings. The standard InChI is InChI=1S/C16H22N2O2S/c1-20-15-8-7-14(12-13(15)6-5-9-17)16(19)18-10-3-4-11-21-2/h7-8,12H,3-4,9-11,17H2,1-2H3,(H,18,19). The first-order valence-corrected chi connectivity index (χ1v) is 8.26. The average molecular weight is 306 g/mol. The third-order valence-electron chi connectivity index (χ3n) is 2.85. The van der Waals surface area contributed by atoms with Crippen molar-refractivity contribution in [3.63, 3.8) is 0 Å². The van der Waals surface area contributed by atoms with Gasteiger partial charge in [0, 0.05) is 12.1 Å². The van der Waals surface area contributed by atoms with Gasteiger partial charge in [-0.2, -0.15) is 11.8 Å². The van der Waals surface area contributed by atoms with E-state index < -0.39 is 0 Å². The smallest absolute Gasteiger partial charge is 0.251 e. The van der Waals surface area contributed by atoms with Crippen LogP contribution in [0, 0.1) is 11.8 Å². The number of benzene rings is 1. The number of methoxy groups -OCH3 is 1. The highest BCUT2D eigenvalue weighted by atomic mass is 32.2. The van der Waals surface area contributed by atoms with Gasteiger partial charge in [0.25, 0.3) is 5.91 Å². The molecule has 0 bridgehead atoms. The Bertz CT molecular complexity index is 521. The summed E-state index contributed by atoms with van der Waals surface area (Å²) < 4.78 is 5.23. The van der Waals surface area contributed by atoms with Crippen LogP contribution in [0.2, 0.25) is 0 Å². The number of thioether (sulfide) groups is 1. The largest absolute Gasteiger partial charge is 0.495 e. The number of amides is 1. The van der Waals surface area contributed by atoms with Gasteiger partial charge in [-0.1, -0.05) is 11.8 Å². The van der Waals surface area contributed by atoms with Gasteiger partial charge in [-0.15, -0.1) is 0 Å². The van der Waals surface area contributed by atoms with Crippen LogP contribution in [0.1, 0.15) is 28.8 Å². The molecule has 0 aliphatic carbocycles. The summed E-state index contributed by atoms with van der Waals surface area (Å²) in [4.78, 5) is 12.1. The molecule has 21 heavy (non-hydrogen) atoms. The fourth-order valence-electron chi connectivity index (χ4n) is 1.77. The fourth-order valence-corrected chi connectivity index (χ4v) is 2.26. The predicted octanol–water partition coefficient (Wildman–Crippen LogP) is 1.88. The van der Waals surface area contributed by atoms with E-state index in [1.165, 1.54) is 0 Å². The highest BCUT2D eigenvalue weighted by Gasteiger charge is 2.08. The summed E-state index contributed by atoms with van der Waals surface area (Å²) in [5.41, 5.74) is 6.64. The normalized spacial score (nSPS) is 9.67. The molecule has 4 nitrogen and oxygen atoms in total. The van der Waals surface area contributed by atoms with Crippen LogP contribution in [0.5, 0.6) is 5.75 Å². The lowest BCUT2D eigenvalue weighted by Gasteiger charge is -2.08. The third-order valence-corrected chi connectivity index (χ3v) is 3.54. The van der Waals surface area contributed by atoms with Gasteiger partial charge in [-0.05, 0) is 43.0 Å². The van der Waals surface area contributed by atoms with E-state index in [0.717, 1.165) is 18.6 Å². The number of carbonyl (C=O) groups is 1. The van der Waals surface area contributed by atoms with Crippen molar-refractivity contribution in [1.82, 2.24) is 5.32 Å². The number of carbonyl (C=O) groups excluding carboxylic acids is 1. The van der Waals surface area contributed by atoms with Crippen LogP contribution in [0.4, 0.5) is 0 Å². The molecule has 0 unspecified atom stereocenters. The lowest BCUT2D eigenvalue weighted by molar-refractivity contribution is 0.0953. The van der Waals surface area contributed by atoms with Gasteiger partial charge in [0.1, 0.15) is 5.75 Å². The molecule has 0 saturated heterocycles. The Morgan fingerprint density at radius 3 is 2.90 bits per heavy atom. The lowest BCUT2D eigenvalue weighted by Crippen LogP contribution is -2.24. The van der Waals surface area contributed by atoms with Crippen LogP contribution < -0.4 is 15.8 Å². The van der Waals surface area contributed by atoms with Crippen LogP contribution in [-0.2, 0) is 0 Å². The predicted molar refractivity (Wildman–Crippen MR) is 88.9 cm³/mol. The van der Waals surface area contributed by atoms with Crippen LogP contribution in [0.3, 0.4) is 0 Å². The van der Waals surface area contributed by atoms with E-state index in [4.69, 9.17) is 10.5 Å². The van der Waals surface area contributed by atoms with Crippen molar-refractivity contribution in [2.75, 3.05) is 32.2 Å². The molecule has 0 fully saturated rings. The molecular formula is C16H22N2O2S. The van der Waals surface area contributed by atoms with Gasteiger partial charge in [0.05, 0.1) is 19.2 Å². The van der Waals surface area contributed by atoms with Gasteiger partial charge in [-0.3, -0.25) is 4.79 Å². The van der Waals surface area contributed by atoms with E-state index in [-0.39, 0.29) is 12.5 Å². The van der Waals surface area contributed by atoms with Crippen molar-refractivity contribution in [2.45, 2.75) is 12.8 Å². The Kier molecular flexibility index (Phi) is 8.41. The Balaban J connectivity index is 2.67. The Morgan fingerprint density at radius 1 is 1.43 bits per heavy atom. The second kappa shape index (κ2) is 10.1. The molecule has 0 atom stereocenters. The summed E-state index contributed by atoms with van der Waals surface area (Å²) in [5.74, 6) is 7.38. The minimum absolute atomic E-state index is 0.0856. The zero-order valence-electron chi connectivity index (χ0n) is 12.6. The first kappa shape index (κ1) is 17.4. The van der Waals surface area contributed by atoms with E-state index >= 15 is 0 Å².